The summed E-state index contributed by atoms with van der Waals surface area (Å²) in [6.45, 7) is 5.74. The van der Waals surface area contributed by atoms with Crippen LogP contribution in [-0.2, 0) is 11.3 Å². The van der Waals surface area contributed by atoms with Crippen molar-refractivity contribution in [1.82, 2.24) is 15.0 Å². The van der Waals surface area contributed by atoms with Crippen molar-refractivity contribution >= 4 is 0 Å². The molecule has 17 heavy (non-hydrogen) atoms. The van der Waals surface area contributed by atoms with Gasteiger partial charge in [0.25, 0.3) is 0 Å². The molecule has 5 heteroatoms. The second-order valence-electron chi connectivity index (χ2n) is 4.47. The van der Waals surface area contributed by atoms with Crippen molar-refractivity contribution in [2.45, 2.75) is 45.4 Å². The van der Waals surface area contributed by atoms with Crippen molar-refractivity contribution in [3.63, 3.8) is 0 Å². The van der Waals surface area contributed by atoms with Gasteiger partial charge in [0.2, 0.25) is 0 Å². The molecule has 1 aromatic rings. The predicted octanol–water partition coefficient (Wildman–Crippen LogP) is 1.22. The Morgan fingerprint density at radius 3 is 2.88 bits per heavy atom. The van der Waals surface area contributed by atoms with Crippen molar-refractivity contribution < 1.29 is 4.74 Å². The second kappa shape index (κ2) is 5.62. The normalized spacial score (nSPS) is 19.2. The summed E-state index contributed by atoms with van der Waals surface area (Å²) in [6, 6.07) is -0.0163. The van der Waals surface area contributed by atoms with E-state index in [0.717, 1.165) is 12.4 Å². The molecule has 1 saturated carbocycles. The third-order valence-electron chi connectivity index (χ3n) is 3.32. The van der Waals surface area contributed by atoms with Crippen LogP contribution in [0.25, 0.3) is 0 Å². The molecule has 0 amide bonds. The third-order valence-corrected chi connectivity index (χ3v) is 3.32. The van der Waals surface area contributed by atoms with Gasteiger partial charge in [0, 0.05) is 25.5 Å². The van der Waals surface area contributed by atoms with Crippen LogP contribution in [0.1, 0.15) is 38.6 Å². The Morgan fingerprint density at radius 1 is 1.59 bits per heavy atom. The summed E-state index contributed by atoms with van der Waals surface area (Å²) < 4.78 is 7.96. The zero-order chi connectivity index (χ0) is 12.3. The molecule has 1 fully saturated rings. The van der Waals surface area contributed by atoms with E-state index >= 15 is 0 Å². The van der Waals surface area contributed by atoms with E-state index in [1.54, 1.807) is 0 Å². The Balaban J connectivity index is 2.18. The molecule has 5 nitrogen and oxygen atoms in total. The molecule has 96 valence electrons. The third kappa shape index (κ3) is 2.68. The van der Waals surface area contributed by atoms with E-state index < -0.39 is 0 Å². The molecule has 1 aromatic heterocycles. The van der Waals surface area contributed by atoms with Gasteiger partial charge in [-0.1, -0.05) is 0 Å². The Bertz CT molecular complexity index is 348. The number of hydrogen-bond donors (Lipinski definition) is 2. The molecular formula is C12H22N4O. The minimum absolute atomic E-state index is 0.0163. The maximum atomic E-state index is 5.85. The van der Waals surface area contributed by atoms with Crippen LogP contribution in [0.5, 0.6) is 0 Å². The zero-order valence-corrected chi connectivity index (χ0v) is 10.6. The summed E-state index contributed by atoms with van der Waals surface area (Å²) in [7, 11) is 0. The Morgan fingerprint density at radius 2 is 2.35 bits per heavy atom. The summed E-state index contributed by atoms with van der Waals surface area (Å²) in [4.78, 5) is 4.41. The van der Waals surface area contributed by atoms with E-state index in [4.69, 9.17) is 10.6 Å². The van der Waals surface area contributed by atoms with Gasteiger partial charge in [-0.25, -0.2) is 10.4 Å². The lowest BCUT2D eigenvalue weighted by Gasteiger charge is -2.26. The number of hydrogen-bond acceptors (Lipinski definition) is 4. The van der Waals surface area contributed by atoms with Crippen molar-refractivity contribution in [3.8, 4) is 0 Å². The molecule has 0 radical (unpaired) electrons. The van der Waals surface area contributed by atoms with Crippen LogP contribution in [-0.4, -0.2) is 22.3 Å². The highest BCUT2D eigenvalue weighted by Gasteiger charge is 2.39. The lowest BCUT2D eigenvalue weighted by atomic mass is 10.1. The summed E-state index contributed by atoms with van der Waals surface area (Å²) in [5, 5.41) is 0. The molecule has 0 saturated heterocycles. The Labute approximate surface area is 102 Å². The first-order valence-corrected chi connectivity index (χ1v) is 6.40. The fourth-order valence-corrected chi connectivity index (χ4v) is 2.31. The molecule has 1 aliphatic rings. The highest BCUT2D eigenvalue weighted by molar-refractivity contribution is 5.05. The number of aryl methyl sites for hydroxylation is 1. The molecule has 2 rings (SSSR count). The molecule has 0 aromatic carbocycles. The standard InChI is InChI=1S/C12H22N4O/c1-3-16-8-7-14-12(16)10(15-13)11(17-4-2)9-5-6-9/h7-11,15H,3-6,13H2,1-2H3. The zero-order valence-electron chi connectivity index (χ0n) is 10.6. The number of hydrazine groups is 1. The fraction of sp³-hybridized carbons (Fsp3) is 0.750. The monoisotopic (exact) mass is 238 g/mol. The molecule has 3 N–H and O–H groups in total. The number of rotatable bonds is 7. The average molecular weight is 238 g/mol. The average Bonchev–Trinajstić information content (AvgIpc) is 3.08. The van der Waals surface area contributed by atoms with E-state index in [1.807, 2.05) is 19.3 Å². The first-order valence-electron chi connectivity index (χ1n) is 6.40. The van der Waals surface area contributed by atoms with Gasteiger partial charge >= 0.3 is 0 Å². The van der Waals surface area contributed by atoms with Crippen LogP contribution in [0.15, 0.2) is 12.4 Å². The van der Waals surface area contributed by atoms with Crippen molar-refractivity contribution in [2.75, 3.05) is 6.61 Å². The number of nitrogens with one attached hydrogen (secondary N) is 1. The minimum atomic E-state index is -0.0163. The molecule has 0 aliphatic heterocycles. The Kier molecular flexibility index (Phi) is 4.15. The van der Waals surface area contributed by atoms with E-state index in [9.17, 15) is 0 Å². The SMILES string of the molecule is CCOC(C1CC1)C(NN)c1nccn1CC. The lowest BCUT2D eigenvalue weighted by molar-refractivity contribution is 0.0155. The van der Waals surface area contributed by atoms with Gasteiger partial charge in [-0.15, -0.1) is 0 Å². The molecule has 2 atom stereocenters. The molecule has 1 heterocycles. The number of imidazole rings is 1. The van der Waals surface area contributed by atoms with Gasteiger partial charge in [-0.2, -0.15) is 0 Å². The quantitative estimate of drug-likeness (QED) is 0.554. The molecular weight excluding hydrogens is 216 g/mol. The summed E-state index contributed by atoms with van der Waals surface area (Å²) in [5.74, 6) is 7.30. The lowest BCUT2D eigenvalue weighted by Crippen LogP contribution is -2.40. The first kappa shape index (κ1) is 12.5. The van der Waals surface area contributed by atoms with Gasteiger partial charge < -0.3 is 9.30 Å². The van der Waals surface area contributed by atoms with E-state index in [1.165, 1.54) is 12.8 Å². The summed E-state index contributed by atoms with van der Waals surface area (Å²) in [5.41, 5.74) is 2.88. The van der Waals surface area contributed by atoms with Crippen molar-refractivity contribution in [2.24, 2.45) is 11.8 Å². The minimum Gasteiger partial charge on any atom is -0.376 e. The predicted molar refractivity (Wildman–Crippen MR) is 66.1 cm³/mol. The summed E-state index contributed by atoms with van der Waals surface area (Å²) >= 11 is 0. The molecule has 1 aliphatic carbocycles. The van der Waals surface area contributed by atoms with Gasteiger partial charge in [0.15, 0.2) is 0 Å². The fourth-order valence-electron chi connectivity index (χ4n) is 2.31. The maximum Gasteiger partial charge on any atom is 0.129 e. The van der Waals surface area contributed by atoms with Gasteiger partial charge in [0.1, 0.15) is 11.9 Å². The van der Waals surface area contributed by atoms with E-state index in [-0.39, 0.29) is 12.1 Å². The number of nitrogens with zero attached hydrogens (tertiary/aromatic N) is 2. The smallest absolute Gasteiger partial charge is 0.129 e. The van der Waals surface area contributed by atoms with Crippen LogP contribution in [0, 0.1) is 5.92 Å². The first-order chi connectivity index (χ1) is 8.31. The van der Waals surface area contributed by atoms with Gasteiger partial charge in [0.05, 0.1) is 6.10 Å². The molecule has 0 bridgehead atoms. The van der Waals surface area contributed by atoms with Crippen molar-refractivity contribution in [1.29, 1.82) is 0 Å². The molecule has 2 unspecified atom stereocenters. The van der Waals surface area contributed by atoms with Crippen LogP contribution < -0.4 is 11.3 Å². The van der Waals surface area contributed by atoms with Gasteiger partial charge in [-0.05, 0) is 32.6 Å². The highest BCUT2D eigenvalue weighted by atomic mass is 16.5. The van der Waals surface area contributed by atoms with Crippen LogP contribution in [0.4, 0.5) is 0 Å². The van der Waals surface area contributed by atoms with Crippen LogP contribution in [0.3, 0.4) is 0 Å². The van der Waals surface area contributed by atoms with Gasteiger partial charge in [-0.3, -0.25) is 5.84 Å². The summed E-state index contributed by atoms with van der Waals surface area (Å²) in [6.07, 6.45) is 6.40. The molecule has 0 spiro atoms. The topological polar surface area (TPSA) is 65.1 Å². The number of nitrogens with two attached hydrogens (primary N) is 1. The number of ether oxygens (including phenoxy) is 1. The second-order valence-corrected chi connectivity index (χ2v) is 4.47. The van der Waals surface area contributed by atoms with Crippen LogP contribution in [0.2, 0.25) is 0 Å². The van der Waals surface area contributed by atoms with E-state index in [0.29, 0.717) is 12.5 Å². The van der Waals surface area contributed by atoms with Crippen molar-refractivity contribution in [3.05, 3.63) is 18.2 Å². The highest BCUT2D eigenvalue weighted by Crippen LogP contribution is 2.39. The maximum absolute atomic E-state index is 5.85. The largest absolute Gasteiger partial charge is 0.376 e. The van der Waals surface area contributed by atoms with E-state index in [2.05, 4.69) is 21.9 Å². The Hall–Kier alpha value is -0.910. The van der Waals surface area contributed by atoms with Crippen LogP contribution >= 0.6 is 0 Å². The number of aromatic nitrogens is 2.